The highest BCUT2D eigenvalue weighted by Crippen LogP contribution is 2.26. The van der Waals surface area contributed by atoms with E-state index < -0.39 is 11.9 Å². The lowest BCUT2D eigenvalue weighted by Gasteiger charge is -2.17. The van der Waals surface area contributed by atoms with Gasteiger partial charge in [-0.3, -0.25) is 14.6 Å². The second-order valence-electron chi connectivity index (χ2n) is 6.95. The van der Waals surface area contributed by atoms with E-state index in [1.807, 2.05) is 18.3 Å². The van der Waals surface area contributed by atoms with Crippen molar-refractivity contribution in [1.29, 1.82) is 0 Å². The Bertz CT molecular complexity index is 887. The molecule has 2 aromatic rings. The van der Waals surface area contributed by atoms with Gasteiger partial charge in [0.2, 0.25) is 0 Å². The minimum absolute atomic E-state index is 0.155. The molecule has 28 heavy (non-hydrogen) atoms. The monoisotopic (exact) mass is 416 g/mol. The zero-order chi connectivity index (χ0) is 20.1. The van der Waals surface area contributed by atoms with Gasteiger partial charge >= 0.3 is 0 Å². The summed E-state index contributed by atoms with van der Waals surface area (Å²) >= 11 is 12.2. The van der Waals surface area contributed by atoms with Crippen LogP contribution in [0.3, 0.4) is 0 Å². The number of benzene rings is 1. The molecule has 1 aromatic carbocycles. The predicted molar refractivity (Wildman–Crippen MR) is 113 cm³/mol. The molecule has 3 rings (SSSR count). The standard InChI is InChI=1S/C22H22Cl2N2O2/c1-14(27)20(26-22(28)21-18(23)8-5-9-19(21)24)12-17-11-10-16(13-25-17)15-6-3-2-4-7-15/h5-6,8-11,13,20H,2-4,7,12H2,1H3,(H,26,28)/t20-/m0/s1. The molecule has 4 nitrogen and oxygen atoms in total. The fraction of sp³-hybridized carbons (Fsp3) is 0.318. The van der Waals surface area contributed by atoms with Gasteiger partial charge < -0.3 is 5.32 Å². The van der Waals surface area contributed by atoms with Crippen LogP contribution < -0.4 is 5.32 Å². The lowest BCUT2D eigenvalue weighted by atomic mass is 9.94. The molecule has 1 heterocycles. The molecule has 0 aliphatic heterocycles. The first-order chi connectivity index (χ1) is 13.5. The summed E-state index contributed by atoms with van der Waals surface area (Å²) in [6.45, 7) is 1.44. The summed E-state index contributed by atoms with van der Waals surface area (Å²) in [7, 11) is 0. The Labute approximate surface area is 175 Å². The van der Waals surface area contributed by atoms with E-state index in [-0.39, 0.29) is 21.4 Å². The fourth-order valence-corrected chi connectivity index (χ4v) is 3.86. The number of carbonyl (C=O) groups excluding carboxylic acids is 2. The zero-order valence-electron chi connectivity index (χ0n) is 15.7. The van der Waals surface area contributed by atoms with Crippen molar-refractivity contribution in [1.82, 2.24) is 10.3 Å². The Morgan fingerprint density at radius 3 is 2.46 bits per heavy atom. The van der Waals surface area contributed by atoms with Crippen LogP contribution in [0.5, 0.6) is 0 Å². The van der Waals surface area contributed by atoms with E-state index in [4.69, 9.17) is 23.2 Å². The van der Waals surface area contributed by atoms with Crippen molar-refractivity contribution in [2.75, 3.05) is 0 Å². The lowest BCUT2D eigenvalue weighted by molar-refractivity contribution is -0.118. The second kappa shape index (κ2) is 9.35. The Morgan fingerprint density at radius 2 is 1.89 bits per heavy atom. The molecule has 0 unspecified atom stereocenters. The smallest absolute Gasteiger partial charge is 0.254 e. The molecule has 0 bridgehead atoms. The van der Waals surface area contributed by atoms with Crippen LogP contribution in [0.1, 0.15) is 54.2 Å². The van der Waals surface area contributed by atoms with Gasteiger partial charge in [0.25, 0.3) is 5.91 Å². The molecule has 1 aliphatic rings. The highest BCUT2D eigenvalue weighted by molar-refractivity contribution is 6.39. The lowest BCUT2D eigenvalue weighted by Crippen LogP contribution is -2.41. The molecule has 6 heteroatoms. The molecule has 0 spiro atoms. The maximum atomic E-state index is 12.6. The third kappa shape index (κ3) is 5.00. The Morgan fingerprint density at radius 1 is 1.14 bits per heavy atom. The SMILES string of the molecule is CC(=O)[C@H](Cc1ccc(C2=CCCCC2)cn1)NC(=O)c1c(Cl)cccc1Cl. The van der Waals surface area contributed by atoms with Crippen molar-refractivity contribution in [2.45, 2.75) is 45.1 Å². The molecule has 1 atom stereocenters. The highest BCUT2D eigenvalue weighted by atomic mass is 35.5. The van der Waals surface area contributed by atoms with Crippen LogP contribution in [0.2, 0.25) is 10.0 Å². The molecule has 0 saturated heterocycles. The van der Waals surface area contributed by atoms with Crippen molar-refractivity contribution >= 4 is 40.5 Å². The van der Waals surface area contributed by atoms with Gasteiger partial charge in [0, 0.05) is 18.3 Å². The summed E-state index contributed by atoms with van der Waals surface area (Å²) in [6.07, 6.45) is 9.05. The van der Waals surface area contributed by atoms with Crippen molar-refractivity contribution in [2.24, 2.45) is 0 Å². The third-order valence-electron chi connectivity index (χ3n) is 4.89. The number of halogens is 2. The average molecular weight is 417 g/mol. The molecule has 1 aromatic heterocycles. The van der Waals surface area contributed by atoms with Crippen LogP contribution in [0, 0.1) is 0 Å². The van der Waals surface area contributed by atoms with Gasteiger partial charge in [-0.15, -0.1) is 0 Å². The number of carbonyl (C=O) groups is 2. The topological polar surface area (TPSA) is 59.1 Å². The Balaban J connectivity index is 1.72. The van der Waals surface area contributed by atoms with Crippen molar-refractivity contribution in [3.05, 3.63) is 69.5 Å². The number of allylic oxidation sites excluding steroid dienone is 2. The van der Waals surface area contributed by atoms with E-state index in [1.54, 1.807) is 18.2 Å². The van der Waals surface area contributed by atoms with E-state index in [0.29, 0.717) is 6.42 Å². The Hall–Kier alpha value is -2.17. The molecule has 146 valence electrons. The first-order valence-corrected chi connectivity index (χ1v) is 10.1. The fourth-order valence-electron chi connectivity index (χ4n) is 3.29. The minimum Gasteiger partial charge on any atom is -0.342 e. The molecule has 1 N–H and O–H groups in total. The van der Waals surface area contributed by atoms with Crippen LogP contribution in [-0.2, 0) is 11.2 Å². The van der Waals surface area contributed by atoms with Gasteiger partial charge in [0.15, 0.2) is 5.78 Å². The van der Waals surface area contributed by atoms with E-state index in [1.165, 1.54) is 25.3 Å². The summed E-state index contributed by atoms with van der Waals surface area (Å²) in [5.74, 6) is -0.628. The average Bonchev–Trinajstić information content (AvgIpc) is 2.68. The quantitative estimate of drug-likeness (QED) is 0.696. The summed E-state index contributed by atoms with van der Waals surface area (Å²) in [4.78, 5) is 29.2. The number of ketones is 1. The number of Topliss-reactive ketones (excluding diaryl/α,β-unsaturated/α-hetero) is 1. The van der Waals surface area contributed by atoms with Gasteiger partial charge in [0.05, 0.1) is 21.7 Å². The molecule has 0 radical (unpaired) electrons. The van der Waals surface area contributed by atoms with Gasteiger partial charge in [-0.1, -0.05) is 41.4 Å². The van der Waals surface area contributed by atoms with Gasteiger partial charge in [-0.05, 0) is 61.9 Å². The van der Waals surface area contributed by atoms with Crippen LogP contribution in [0.25, 0.3) is 5.57 Å². The predicted octanol–water partition coefficient (Wildman–Crippen LogP) is 5.28. The number of nitrogens with one attached hydrogen (secondary N) is 1. The van der Waals surface area contributed by atoms with E-state index in [9.17, 15) is 9.59 Å². The van der Waals surface area contributed by atoms with E-state index in [2.05, 4.69) is 16.4 Å². The number of aromatic nitrogens is 1. The number of amides is 1. The summed E-state index contributed by atoms with van der Waals surface area (Å²) < 4.78 is 0. The van der Waals surface area contributed by atoms with Crippen molar-refractivity contribution in [3.63, 3.8) is 0 Å². The zero-order valence-corrected chi connectivity index (χ0v) is 17.2. The van der Waals surface area contributed by atoms with Crippen LogP contribution >= 0.6 is 23.2 Å². The van der Waals surface area contributed by atoms with Crippen LogP contribution in [-0.4, -0.2) is 22.7 Å². The van der Waals surface area contributed by atoms with Gasteiger partial charge in [0.1, 0.15) is 0 Å². The van der Waals surface area contributed by atoms with Gasteiger partial charge in [-0.25, -0.2) is 0 Å². The number of pyridine rings is 1. The normalized spacial score (nSPS) is 14.9. The highest BCUT2D eigenvalue weighted by Gasteiger charge is 2.22. The summed E-state index contributed by atoms with van der Waals surface area (Å²) in [5, 5.41) is 3.22. The largest absolute Gasteiger partial charge is 0.342 e. The minimum atomic E-state index is -0.702. The number of hydrogen-bond acceptors (Lipinski definition) is 3. The first-order valence-electron chi connectivity index (χ1n) is 9.35. The third-order valence-corrected chi connectivity index (χ3v) is 5.52. The number of nitrogens with zero attached hydrogens (tertiary/aromatic N) is 1. The van der Waals surface area contributed by atoms with Crippen LogP contribution in [0.4, 0.5) is 0 Å². The Kier molecular flexibility index (Phi) is 6.87. The second-order valence-corrected chi connectivity index (χ2v) is 7.77. The number of rotatable bonds is 6. The molecule has 1 amide bonds. The molecule has 1 aliphatic carbocycles. The summed E-state index contributed by atoms with van der Waals surface area (Å²) in [6, 6.07) is 8.08. The molecular weight excluding hydrogens is 395 g/mol. The molecule has 0 fully saturated rings. The van der Waals surface area contributed by atoms with Crippen molar-refractivity contribution < 1.29 is 9.59 Å². The van der Waals surface area contributed by atoms with Crippen LogP contribution in [0.15, 0.2) is 42.6 Å². The van der Waals surface area contributed by atoms with Gasteiger partial charge in [-0.2, -0.15) is 0 Å². The van der Waals surface area contributed by atoms with Crippen molar-refractivity contribution in [3.8, 4) is 0 Å². The summed E-state index contributed by atoms with van der Waals surface area (Å²) in [5.41, 5.74) is 3.36. The maximum absolute atomic E-state index is 12.6. The molecule has 0 saturated carbocycles. The molecular formula is C22H22Cl2N2O2. The first kappa shape index (κ1) is 20.6. The van der Waals surface area contributed by atoms with E-state index >= 15 is 0 Å². The maximum Gasteiger partial charge on any atom is 0.254 e. The number of hydrogen-bond donors (Lipinski definition) is 1. The van der Waals surface area contributed by atoms with E-state index in [0.717, 1.165) is 24.1 Å².